The number of piperazine rings is 1. The fraction of sp³-hybridized carbons (Fsp3) is 0.417. The van der Waals surface area contributed by atoms with E-state index in [1.807, 2.05) is 43.9 Å². The molecule has 3 aromatic rings. The highest BCUT2D eigenvalue weighted by Gasteiger charge is 2.34. The van der Waals surface area contributed by atoms with Crippen molar-refractivity contribution in [3.8, 4) is 5.88 Å². The van der Waals surface area contributed by atoms with E-state index in [0.29, 0.717) is 86.2 Å². The summed E-state index contributed by atoms with van der Waals surface area (Å²) >= 11 is 0. The summed E-state index contributed by atoms with van der Waals surface area (Å²) in [5.74, 6) is 1.24. The van der Waals surface area contributed by atoms with Crippen LogP contribution in [-0.4, -0.2) is 115 Å². The van der Waals surface area contributed by atoms with Gasteiger partial charge in [0.2, 0.25) is 17.7 Å². The molecule has 2 aliphatic rings. The number of amides is 2. The number of rotatable bonds is 12. The first-order chi connectivity index (χ1) is 24.1. The molecule has 1 aromatic carbocycles. The topological polar surface area (TPSA) is 180 Å². The first-order valence-electron chi connectivity index (χ1n) is 17.0. The van der Waals surface area contributed by atoms with Crippen molar-refractivity contribution in [1.82, 2.24) is 25.1 Å². The van der Waals surface area contributed by atoms with Gasteiger partial charge in [-0.1, -0.05) is 0 Å². The lowest BCUT2D eigenvalue weighted by atomic mass is 10.0. The number of pyridine rings is 2. The third-order valence-electron chi connectivity index (χ3n) is 8.86. The molecule has 0 spiro atoms. The van der Waals surface area contributed by atoms with Crippen LogP contribution in [0.15, 0.2) is 59.9 Å². The SMILES string of the molecule is CCN(C(=O)[C@@H]1CCN(CC(=O)N2CCN(c3ccc(C(=N)/N=C\NC)cn3)CC2)C1)c1ccc(N)c(C(=N)c2ccc(OC(C)C)nc2)c1. The molecule has 14 nitrogen and oxygen atoms in total. The molecule has 0 bridgehead atoms. The molecule has 0 radical (unpaired) electrons. The highest BCUT2D eigenvalue weighted by molar-refractivity contribution is 6.14. The number of nitrogens with one attached hydrogen (secondary N) is 3. The molecule has 4 heterocycles. The second-order valence-electron chi connectivity index (χ2n) is 12.7. The number of ether oxygens (including phenoxy) is 1. The van der Waals surface area contributed by atoms with Crippen LogP contribution < -0.4 is 25.6 Å². The number of aliphatic imine (C=N–C) groups is 1. The number of hydrogen-bond donors (Lipinski definition) is 4. The van der Waals surface area contributed by atoms with Crippen LogP contribution in [-0.2, 0) is 9.59 Å². The van der Waals surface area contributed by atoms with E-state index in [-0.39, 0.29) is 41.9 Å². The highest BCUT2D eigenvalue weighted by atomic mass is 16.5. The van der Waals surface area contributed by atoms with E-state index in [9.17, 15) is 9.59 Å². The third kappa shape index (κ3) is 8.61. The molecule has 2 saturated heterocycles. The number of hydrogen-bond acceptors (Lipinski definition) is 10. The van der Waals surface area contributed by atoms with Gasteiger partial charge >= 0.3 is 0 Å². The molecule has 0 saturated carbocycles. The predicted octanol–water partition coefficient (Wildman–Crippen LogP) is 2.86. The molecule has 5 rings (SSSR count). The Morgan fingerprint density at radius 3 is 2.44 bits per heavy atom. The van der Waals surface area contributed by atoms with E-state index in [0.717, 1.165) is 5.82 Å². The Balaban J connectivity index is 1.14. The number of aromatic nitrogens is 2. The van der Waals surface area contributed by atoms with Crippen LogP contribution in [0, 0.1) is 16.7 Å². The number of carbonyl (C=O) groups excluding carboxylic acids is 2. The quantitative estimate of drug-likeness (QED) is 0.127. The molecule has 264 valence electrons. The fourth-order valence-corrected chi connectivity index (χ4v) is 6.18. The second-order valence-corrected chi connectivity index (χ2v) is 12.7. The summed E-state index contributed by atoms with van der Waals surface area (Å²) < 4.78 is 5.63. The lowest BCUT2D eigenvalue weighted by Gasteiger charge is -2.36. The first kappa shape index (κ1) is 35.9. The van der Waals surface area contributed by atoms with Gasteiger partial charge in [0.15, 0.2) is 5.84 Å². The van der Waals surface area contributed by atoms with Crippen molar-refractivity contribution in [3.63, 3.8) is 0 Å². The molecule has 14 heteroatoms. The molecule has 0 unspecified atom stereocenters. The molecule has 5 N–H and O–H groups in total. The molecule has 2 amide bonds. The summed E-state index contributed by atoms with van der Waals surface area (Å²) in [5.41, 5.74) is 9.38. The average Bonchev–Trinajstić information content (AvgIpc) is 3.60. The maximum absolute atomic E-state index is 13.8. The van der Waals surface area contributed by atoms with Gasteiger partial charge in [0.05, 0.1) is 30.6 Å². The summed E-state index contributed by atoms with van der Waals surface area (Å²) in [7, 11) is 1.73. The number of nitrogen functional groups attached to an aromatic ring is 1. The van der Waals surface area contributed by atoms with Crippen LogP contribution in [0.5, 0.6) is 5.88 Å². The number of nitrogens with zero attached hydrogens (tertiary/aromatic N) is 7. The lowest BCUT2D eigenvalue weighted by Crippen LogP contribution is -2.51. The molecule has 1 atom stereocenters. The van der Waals surface area contributed by atoms with Crippen molar-refractivity contribution in [2.45, 2.75) is 33.3 Å². The van der Waals surface area contributed by atoms with Crippen LogP contribution in [0.2, 0.25) is 0 Å². The van der Waals surface area contributed by atoms with Crippen molar-refractivity contribution < 1.29 is 14.3 Å². The van der Waals surface area contributed by atoms with Crippen molar-refractivity contribution in [1.29, 1.82) is 10.8 Å². The van der Waals surface area contributed by atoms with Gasteiger partial charge in [0.25, 0.3) is 0 Å². The minimum absolute atomic E-state index is 0.00217. The van der Waals surface area contributed by atoms with Gasteiger partial charge in [-0.3, -0.25) is 25.3 Å². The minimum Gasteiger partial charge on any atom is -0.475 e. The molecular weight excluding hydrogens is 634 g/mol. The number of likely N-dealkylation sites (tertiary alicyclic amines) is 1. The monoisotopic (exact) mass is 681 g/mol. The lowest BCUT2D eigenvalue weighted by molar-refractivity contribution is -0.132. The summed E-state index contributed by atoms with van der Waals surface area (Å²) in [5, 5.41) is 19.6. The van der Waals surface area contributed by atoms with Crippen molar-refractivity contribution in [3.05, 3.63) is 71.5 Å². The van der Waals surface area contributed by atoms with Gasteiger partial charge in [-0.15, -0.1) is 0 Å². The van der Waals surface area contributed by atoms with Crippen LogP contribution in [0.25, 0.3) is 0 Å². The van der Waals surface area contributed by atoms with Gasteiger partial charge in [-0.05, 0) is 70.1 Å². The number of carbonyl (C=O) groups is 2. The van der Waals surface area contributed by atoms with E-state index >= 15 is 0 Å². The van der Waals surface area contributed by atoms with Crippen molar-refractivity contribution in [2.24, 2.45) is 10.9 Å². The maximum Gasteiger partial charge on any atom is 0.236 e. The fourth-order valence-electron chi connectivity index (χ4n) is 6.18. The summed E-state index contributed by atoms with van der Waals surface area (Å²) in [4.78, 5) is 47.8. The van der Waals surface area contributed by atoms with Gasteiger partial charge in [-0.25, -0.2) is 15.0 Å². The Kier molecular flexibility index (Phi) is 11.8. The van der Waals surface area contributed by atoms with E-state index in [1.165, 1.54) is 6.34 Å². The van der Waals surface area contributed by atoms with Crippen LogP contribution >= 0.6 is 0 Å². The van der Waals surface area contributed by atoms with E-state index < -0.39 is 0 Å². The van der Waals surface area contributed by atoms with E-state index in [1.54, 1.807) is 48.6 Å². The molecule has 2 fully saturated rings. The molecule has 2 aromatic heterocycles. The first-order valence-corrected chi connectivity index (χ1v) is 17.0. The van der Waals surface area contributed by atoms with Crippen molar-refractivity contribution >= 4 is 46.9 Å². The maximum atomic E-state index is 13.8. The molecule has 2 aliphatic heterocycles. The zero-order valence-corrected chi connectivity index (χ0v) is 29.2. The predicted molar refractivity (Wildman–Crippen MR) is 197 cm³/mol. The zero-order valence-electron chi connectivity index (χ0n) is 29.2. The summed E-state index contributed by atoms with van der Waals surface area (Å²) in [6, 6.07) is 12.6. The average molecular weight is 682 g/mol. The van der Waals surface area contributed by atoms with E-state index in [2.05, 4.69) is 30.1 Å². The standard InChI is InChI=1S/C36H47N11O3/c1-5-47(28-8-9-30(37)29(18-28)34(38)25-7-11-32(42-19-25)50-24(2)3)36(49)27-12-13-44(21-27)22-33(48)46-16-14-45(15-17-46)31-10-6-26(20-41-31)35(39)43-23-40-4/h6-11,18-20,23-24,27,38H,5,12-17,21-22,37H2,1-4H3,(H2,39,40,43)/t27-/m1/s1. The highest BCUT2D eigenvalue weighted by Crippen LogP contribution is 2.28. The number of amidine groups is 1. The van der Waals surface area contributed by atoms with Gasteiger partial charge in [0.1, 0.15) is 5.82 Å². The molecule has 0 aliphatic carbocycles. The number of nitrogens with two attached hydrogens (primary N) is 1. The Morgan fingerprint density at radius 1 is 1.06 bits per heavy atom. The Hall–Kier alpha value is -5.37. The Labute approximate surface area is 293 Å². The number of anilines is 3. The second kappa shape index (κ2) is 16.4. The summed E-state index contributed by atoms with van der Waals surface area (Å²) in [6.07, 6.45) is 5.36. The molecule has 50 heavy (non-hydrogen) atoms. The minimum atomic E-state index is -0.239. The smallest absolute Gasteiger partial charge is 0.236 e. The molecular formula is C36H47N11O3. The zero-order chi connectivity index (χ0) is 35.8. The Morgan fingerprint density at radius 2 is 1.80 bits per heavy atom. The van der Waals surface area contributed by atoms with Gasteiger partial charge in [0, 0.05) is 92.8 Å². The third-order valence-corrected chi connectivity index (χ3v) is 8.86. The summed E-state index contributed by atoms with van der Waals surface area (Å²) in [6.45, 7) is 10.2. The van der Waals surface area contributed by atoms with Gasteiger partial charge in [-0.2, -0.15) is 0 Å². The number of benzene rings is 1. The van der Waals surface area contributed by atoms with Crippen molar-refractivity contribution in [2.75, 3.05) is 74.9 Å². The van der Waals surface area contributed by atoms with Crippen LogP contribution in [0.3, 0.4) is 0 Å². The van der Waals surface area contributed by atoms with Crippen LogP contribution in [0.1, 0.15) is 43.9 Å². The largest absolute Gasteiger partial charge is 0.475 e. The van der Waals surface area contributed by atoms with E-state index in [4.69, 9.17) is 21.3 Å². The Bertz CT molecular complexity index is 1700. The van der Waals surface area contributed by atoms with Gasteiger partial charge < -0.3 is 30.5 Å². The normalized spacial score (nSPS) is 16.5. The van der Waals surface area contributed by atoms with Crippen LogP contribution in [0.4, 0.5) is 17.2 Å².